The van der Waals surface area contributed by atoms with Gasteiger partial charge in [-0.2, -0.15) is 0 Å². The first kappa shape index (κ1) is 29.7. The van der Waals surface area contributed by atoms with Crippen molar-refractivity contribution < 1.29 is 38.7 Å². The molecule has 0 fully saturated rings. The van der Waals surface area contributed by atoms with Gasteiger partial charge in [0.1, 0.15) is 18.7 Å². The number of carbonyl (C=O) groups is 4. The highest BCUT2D eigenvalue weighted by atomic mass is 16.6. The number of rotatable bonds is 13. The zero-order valence-electron chi connectivity index (χ0n) is 20.9. The molecule has 13 nitrogen and oxygen atoms in total. The maximum absolute atomic E-state index is 13.0. The number of amides is 3. The number of non-ortho nitro benzene ring substituents is 1. The topological polar surface area (TPSA) is 200 Å². The number of nitrogens with one attached hydrogen (secondary N) is 2. The number of ether oxygens (including phenoxy) is 2. The highest BCUT2D eigenvalue weighted by Crippen LogP contribution is 2.27. The van der Waals surface area contributed by atoms with Gasteiger partial charge in [0.25, 0.3) is 5.69 Å². The number of nitro groups is 1. The van der Waals surface area contributed by atoms with E-state index in [0.29, 0.717) is 5.56 Å². The third kappa shape index (κ3) is 8.85. The number of aliphatic hydroxyl groups excluding tert-OH is 1. The normalized spacial score (nSPS) is 13.8. The van der Waals surface area contributed by atoms with Crippen LogP contribution in [0.2, 0.25) is 0 Å². The van der Waals surface area contributed by atoms with E-state index in [1.165, 1.54) is 31.2 Å². The molecule has 0 aliphatic carbocycles. The number of nitrogens with zero attached hydrogens (tertiary/aromatic N) is 1. The van der Waals surface area contributed by atoms with Gasteiger partial charge in [-0.05, 0) is 25.0 Å². The Kier molecular flexibility index (Phi) is 11.2. The Hall–Kier alpha value is -4.52. The maximum atomic E-state index is 13.0. The van der Waals surface area contributed by atoms with Gasteiger partial charge in [0.05, 0.1) is 24.1 Å². The van der Waals surface area contributed by atoms with Gasteiger partial charge >= 0.3 is 12.1 Å². The molecule has 2 rings (SSSR count). The molecule has 0 aliphatic heterocycles. The average Bonchev–Trinajstić information content (AvgIpc) is 2.88. The summed E-state index contributed by atoms with van der Waals surface area (Å²) in [5.41, 5.74) is 6.31. The van der Waals surface area contributed by atoms with Gasteiger partial charge in [-0.25, -0.2) is 4.79 Å². The first-order chi connectivity index (χ1) is 18.0. The van der Waals surface area contributed by atoms with Gasteiger partial charge in [-0.3, -0.25) is 24.5 Å². The molecule has 0 aromatic heterocycles. The summed E-state index contributed by atoms with van der Waals surface area (Å²) in [6.45, 7) is 2.79. The number of carbonyl (C=O) groups excluding carboxylic acids is 4. The first-order valence-electron chi connectivity index (χ1n) is 11.7. The first-order valence-corrected chi connectivity index (χ1v) is 11.7. The fourth-order valence-corrected chi connectivity index (χ4v) is 3.58. The summed E-state index contributed by atoms with van der Waals surface area (Å²) in [6, 6.07) is 10.7. The largest absolute Gasteiger partial charge is 0.466 e. The molecular weight excluding hydrogens is 500 g/mol. The number of alkyl carbamates (subject to hydrolysis) is 1. The second kappa shape index (κ2) is 14.3. The summed E-state index contributed by atoms with van der Waals surface area (Å²) in [5, 5.41) is 25.8. The van der Waals surface area contributed by atoms with Crippen LogP contribution in [0.15, 0.2) is 54.6 Å². The third-order valence-electron chi connectivity index (χ3n) is 5.48. The van der Waals surface area contributed by atoms with Crippen molar-refractivity contribution in [1.82, 2.24) is 10.6 Å². The molecule has 0 unspecified atom stereocenters. The molecule has 0 bridgehead atoms. The van der Waals surface area contributed by atoms with E-state index >= 15 is 0 Å². The van der Waals surface area contributed by atoms with Gasteiger partial charge in [0.15, 0.2) is 0 Å². The molecule has 0 aliphatic rings. The highest BCUT2D eigenvalue weighted by molar-refractivity contribution is 5.92. The van der Waals surface area contributed by atoms with Gasteiger partial charge in [0, 0.05) is 18.1 Å². The van der Waals surface area contributed by atoms with Crippen LogP contribution in [0.4, 0.5) is 10.5 Å². The lowest BCUT2D eigenvalue weighted by Crippen LogP contribution is -2.58. The van der Waals surface area contributed by atoms with Crippen molar-refractivity contribution in [2.45, 2.75) is 51.0 Å². The molecule has 13 heteroatoms. The molecule has 0 heterocycles. The number of aliphatic hydroxyl groups is 1. The summed E-state index contributed by atoms with van der Waals surface area (Å²) < 4.78 is 10.1. The minimum atomic E-state index is -1.54. The SMILES string of the molecule is CCOC(=O)C[C@@H](c1ccc([N+](=O)[O-])cc1)[C@@H](NC(=O)[C@@H](NC(=O)OCc1ccccc1)[C@@H](C)O)C(N)=O. The van der Waals surface area contributed by atoms with Crippen LogP contribution >= 0.6 is 0 Å². The molecule has 2 aromatic carbocycles. The number of benzene rings is 2. The number of hydrogen-bond donors (Lipinski definition) is 4. The standard InChI is InChI=1S/C25H30N4O9/c1-3-37-20(31)13-19(17-9-11-18(12-10-17)29(35)36)22(23(26)32)27-24(33)21(15(2)30)28-25(34)38-14-16-7-5-4-6-8-16/h4-12,15,19,21-22,30H,3,13-14H2,1-2H3,(H2,26,32)(H,27,33)(H,28,34)/t15-,19+,21+,22-/m1/s1. The molecule has 0 radical (unpaired) electrons. The monoisotopic (exact) mass is 530 g/mol. The minimum Gasteiger partial charge on any atom is -0.466 e. The zero-order valence-corrected chi connectivity index (χ0v) is 20.9. The van der Waals surface area contributed by atoms with E-state index in [9.17, 15) is 34.4 Å². The fraction of sp³-hybridized carbons (Fsp3) is 0.360. The van der Waals surface area contributed by atoms with Crippen molar-refractivity contribution in [3.63, 3.8) is 0 Å². The smallest absolute Gasteiger partial charge is 0.408 e. The van der Waals surface area contributed by atoms with Crippen LogP contribution in [-0.2, 0) is 30.5 Å². The Morgan fingerprint density at radius 2 is 1.63 bits per heavy atom. The molecule has 5 N–H and O–H groups in total. The van der Waals surface area contributed by atoms with Crippen LogP contribution in [0, 0.1) is 10.1 Å². The second-order valence-electron chi connectivity index (χ2n) is 8.28. The summed E-state index contributed by atoms with van der Waals surface area (Å²) in [4.78, 5) is 60.4. The van der Waals surface area contributed by atoms with E-state index in [2.05, 4.69) is 10.6 Å². The van der Waals surface area contributed by atoms with Crippen molar-refractivity contribution in [2.24, 2.45) is 5.73 Å². The van der Waals surface area contributed by atoms with Gasteiger partial charge in [-0.1, -0.05) is 42.5 Å². The molecule has 204 valence electrons. The molecule has 0 saturated carbocycles. The molecule has 38 heavy (non-hydrogen) atoms. The van der Waals surface area contributed by atoms with E-state index in [0.717, 1.165) is 0 Å². The predicted molar refractivity (Wildman–Crippen MR) is 133 cm³/mol. The van der Waals surface area contributed by atoms with E-state index < -0.39 is 59.3 Å². The molecule has 4 atom stereocenters. The van der Waals surface area contributed by atoms with Crippen molar-refractivity contribution >= 4 is 29.6 Å². The summed E-state index contributed by atoms with van der Waals surface area (Å²) in [6.07, 6.45) is -2.80. The van der Waals surface area contributed by atoms with Crippen LogP contribution in [-0.4, -0.2) is 58.7 Å². The summed E-state index contributed by atoms with van der Waals surface area (Å²) >= 11 is 0. The Balaban J connectivity index is 2.23. The number of primary amides is 1. The summed E-state index contributed by atoms with van der Waals surface area (Å²) in [7, 11) is 0. The highest BCUT2D eigenvalue weighted by Gasteiger charge is 2.35. The van der Waals surface area contributed by atoms with E-state index in [1.807, 2.05) is 0 Å². The van der Waals surface area contributed by atoms with Crippen molar-refractivity contribution in [1.29, 1.82) is 0 Å². The van der Waals surface area contributed by atoms with Gasteiger partial charge < -0.3 is 30.9 Å². The number of esters is 1. The Morgan fingerprint density at radius 1 is 1.00 bits per heavy atom. The molecule has 0 saturated heterocycles. The number of nitro benzene ring substituents is 1. The van der Waals surface area contributed by atoms with Gasteiger partial charge in [0.2, 0.25) is 11.8 Å². The number of hydrogen-bond acceptors (Lipinski definition) is 9. The van der Waals surface area contributed by atoms with Crippen LogP contribution in [0.3, 0.4) is 0 Å². The van der Waals surface area contributed by atoms with Crippen LogP contribution in [0.1, 0.15) is 37.3 Å². The van der Waals surface area contributed by atoms with Crippen LogP contribution in [0.5, 0.6) is 0 Å². The predicted octanol–water partition coefficient (Wildman–Crippen LogP) is 1.28. The second-order valence-corrected chi connectivity index (χ2v) is 8.28. The zero-order chi connectivity index (χ0) is 28.2. The minimum absolute atomic E-state index is 0.0541. The number of nitrogens with two attached hydrogens (primary N) is 1. The quantitative estimate of drug-likeness (QED) is 0.167. The van der Waals surface area contributed by atoms with E-state index in [-0.39, 0.29) is 24.5 Å². The molecular formula is C25H30N4O9. The Morgan fingerprint density at radius 3 is 2.16 bits per heavy atom. The maximum Gasteiger partial charge on any atom is 0.408 e. The van der Waals surface area contributed by atoms with Crippen LogP contribution in [0.25, 0.3) is 0 Å². The molecule has 3 amide bonds. The third-order valence-corrected chi connectivity index (χ3v) is 5.48. The Bertz CT molecular complexity index is 1120. The lowest BCUT2D eigenvalue weighted by atomic mass is 9.87. The molecule has 0 spiro atoms. The van der Waals surface area contributed by atoms with Gasteiger partial charge in [-0.15, -0.1) is 0 Å². The fourth-order valence-electron chi connectivity index (χ4n) is 3.58. The van der Waals surface area contributed by atoms with E-state index in [4.69, 9.17) is 15.2 Å². The van der Waals surface area contributed by atoms with E-state index in [1.54, 1.807) is 37.3 Å². The average molecular weight is 531 g/mol. The lowest BCUT2D eigenvalue weighted by Gasteiger charge is -2.28. The Labute approximate surface area is 218 Å². The van der Waals surface area contributed by atoms with Crippen LogP contribution < -0.4 is 16.4 Å². The van der Waals surface area contributed by atoms with Crippen molar-refractivity contribution in [3.05, 3.63) is 75.8 Å². The lowest BCUT2D eigenvalue weighted by molar-refractivity contribution is -0.384. The van der Waals surface area contributed by atoms with Crippen molar-refractivity contribution in [2.75, 3.05) is 6.61 Å². The van der Waals surface area contributed by atoms with Crippen molar-refractivity contribution in [3.8, 4) is 0 Å². The summed E-state index contributed by atoms with van der Waals surface area (Å²) in [5.74, 6) is -3.78. The molecule has 2 aromatic rings.